The Balaban J connectivity index is 1.20. The number of rotatable bonds is 6. The molecule has 0 aliphatic rings. The summed E-state index contributed by atoms with van der Waals surface area (Å²) < 4.78 is 292. The zero-order valence-electron chi connectivity index (χ0n) is 59.8. The molecule has 0 amide bonds. The van der Waals surface area contributed by atoms with Crippen LogP contribution < -0.4 is 0 Å². The standard InChI is InChI=1S/C51H33N3/c1-3-11-39(12-4-1)49-52-50(40-13-5-2-6-14-40)54-51(53-49)41-29-27-37(28-30-41)35-21-19-34(20-22-35)36-23-25-38(26-24-36)42-31-32-47-45-17-8-7-15-43(45)44-16-9-10-18-46(44)48(47)33-42/h1-33H/i1D,2D,3D,4D,5D,6D,7D,8D,9D,10D,11D,12D,13D,14D,15D,16D,17D,18D,19D,20D,21D,22D,23D,24D,25D,26D,27D,28D,29D,30D,31D,32D,33D. The molecule has 54 heavy (non-hydrogen) atoms. The summed E-state index contributed by atoms with van der Waals surface area (Å²) >= 11 is 0. The lowest BCUT2D eigenvalue weighted by molar-refractivity contribution is 1.07. The highest BCUT2D eigenvalue weighted by Gasteiger charge is 2.13. The van der Waals surface area contributed by atoms with Crippen molar-refractivity contribution in [2.75, 3.05) is 0 Å². The van der Waals surface area contributed by atoms with E-state index in [9.17, 15) is 20.6 Å². The highest BCUT2D eigenvalue weighted by Crippen LogP contribution is 2.37. The van der Waals surface area contributed by atoms with Gasteiger partial charge in [-0.3, -0.25) is 0 Å². The van der Waals surface area contributed by atoms with Gasteiger partial charge in [0.1, 0.15) is 0 Å². The van der Waals surface area contributed by atoms with Crippen molar-refractivity contribution in [2.45, 2.75) is 0 Å². The summed E-state index contributed by atoms with van der Waals surface area (Å²) in [5, 5.41) is -3.17. The predicted octanol–water partition coefficient (Wildman–Crippen LogP) is 13.3. The van der Waals surface area contributed by atoms with Gasteiger partial charge < -0.3 is 0 Å². The maximum Gasteiger partial charge on any atom is 0.164 e. The minimum Gasteiger partial charge on any atom is -0.208 e. The van der Waals surface area contributed by atoms with E-state index in [0.29, 0.717) is 0 Å². The van der Waals surface area contributed by atoms with Gasteiger partial charge in [0.2, 0.25) is 0 Å². The van der Waals surface area contributed by atoms with E-state index >= 15 is 0 Å². The van der Waals surface area contributed by atoms with Crippen LogP contribution in [0.5, 0.6) is 0 Å². The molecule has 0 atom stereocenters. The van der Waals surface area contributed by atoms with Gasteiger partial charge in [-0.1, -0.05) is 193 Å². The average molecular weight is 721 g/mol. The lowest BCUT2D eigenvalue weighted by Gasteiger charge is -2.12. The molecule has 3 heteroatoms. The smallest absolute Gasteiger partial charge is 0.164 e. The molecule has 0 N–H and O–H groups in total. The summed E-state index contributed by atoms with van der Waals surface area (Å²) in [6, 6.07) is -31.7. The second kappa shape index (κ2) is 13.4. The second-order valence-electron chi connectivity index (χ2n) is 11.1. The van der Waals surface area contributed by atoms with Crippen LogP contribution in [0.2, 0.25) is 0 Å². The number of nitrogens with zero attached hydrogens (tertiary/aromatic N) is 3. The van der Waals surface area contributed by atoms with Crippen LogP contribution in [0, 0.1) is 0 Å². The Labute approximate surface area is 360 Å². The van der Waals surface area contributed by atoms with E-state index < -0.39 is 299 Å². The highest BCUT2D eigenvalue weighted by atomic mass is 15.0. The lowest BCUT2D eigenvalue weighted by atomic mass is 9.91. The van der Waals surface area contributed by atoms with E-state index in [4.69, 9.17) is 24.7 Å². The number of fused-ring (bicyclic) bond motifs is 6. The van der Waals surface area contributed by atoms with E-state index in [1.54, 1.807) is 0 Å². The lowest BCUT2D eigenvalue weighted by Crippen LogP contribution is -2.00. The number of hydrogen-bond donors (Lipinski definition) is 0. The third kappa shape index (κ3) is 5.78. The van der Waals surface area contributed by atoms with Crippen LogP contribution >= 0.6 is 0 Å². The quantitative estimate of drug-likeness (QED) is 0.161. The number of benzene rings is 9. The van der Waals surface area contributed by atoms with Gasteiger partial charge in [-0.2, -0.15) is 0 Å². The minimum absolute atomic E-state index is 0.470. The summed E-state index contributed by atoms with van der Waals surface area (Å²) in [7, 11) is 0. The Morgan fingerprint density at radius 3 is 0.870 bits per heavy atom. The van der Waals surface area contributed by atoms with Crippen LogP contribution in [0.4, 0.5) is 0 Å². The molecule has 10 rings (SSSR count). The van der Waals surface area contributed by atoms with E-state index in [2.05, 4.69) is 15.0 Å². The summed E-state index contributed by atoms with van der Waals surface area (Å²) in [5.74, 6) is -2.53. The fourth-order valence-electron chi connectivity index (χ4n) is 5.39. The molecule has 9 aromatic carbocycles. The molecule has 0 fully saturated rings. The first-order valence-electron chi connectivity index (χ1n) is 32.1. The molecule has 1 heterocycles. The molecular weight excluding hydrogens is 655 g/mol. The third-order valence-corrected chi connectivity index (χ3v) is 7.87. The van der Waals surface area contributed by atoms with Gasteiger partial charge in [-0.15, -0.1) is 0 Å². The Morgan fingerprint density at radius 2 is 0.481 bits per heavy atom. The first-order valence-corrected chi connectivity index (χ1v) is 15.6. The third-order valence-electron chi connectivity index (χ3n) is 7.87. The summed E-state index contributed by atoms with van der Waals surface area (Å²) in [4.78, 5) is 12.5. The average Bonchev–Trinajstić information content (AvgIpc) is 0.719. The van der Waals surface area contributed by atoms with Crippen molar-refractivity contribution < 1.29 is 45.2 Å². The van der Waals surface area contributed by atoms with Crippen molar-refractivity contribution in [2.24, 2.45) is 0 Å². The fraction of sp³-hybridized carbons (Fsp3) is 0. The zero-order chi connectivity index (χ0) is 64.6. The molecule has 10 aromatic rings. The van der Waals surface area contributed by atoms with Crippen molar-refractivity contribution >= 4 is 32.3 Å². The van der Waals surface area contributed by atoms with E-state index in [1.165, 1.54) is 0 Å². The van der Waals surface area contributed by atoms with Gasteiger partial charge in [0.05, 0.1) is 45.2 Å². The van der Waals surface area contributed by atoms with Gasteiger partial charge >= 0.3 is 0 Å². The van der Waals surface area contributed by atoms with Crippen LogP contribution in [0.15, 0.2) is 199 Å². The van der Waals surface area contributed by atoms with Crippen molar-refractivity contribution in [3.05, 3.63) is 199 Å². The van der Waals surface area contributed by atoms with Crippen molar-refractivity contribution in [1.82, 2.24) is 15.0 Å². The van der Waals surface area contributed by atoms with Crippen molar-refractivity contribution in [3.63, 3.8) is 0 Å². The maximum atomic E-state index is 9.58. The minimum atomic E-state index is -1.14. The molecule has 0 aliphatic carbocycles. The molecule has 0 saturated heterocycles. The summed E-state index contributed by atoms with van der Waals surface area (Å²) in [6.07, 6.45) is 0. The molecule has 252 valence electrons. The summed E-state index contributed by atoms with van der Waals surface area (Å²) in [6.45, 7) is 0. The largest absolute Gasteiger partial charge is 0.208 e. The van der Waals surface area contributed by atoms with Crippen LogP contribution in [0.25, 0.3) is 99.9 Å². The predicted molar refractivity (Wildman–Crippen MR) is 225 cm³/mol. The maximum absolute atomic E-state index is 9.58. The highest BCUT2D eigenvalue weighted by molar-refractivity contribution is 6.25. The first kappa shape index (κ1) is 12.4. The van der Waals surface area contributed by atoms with Crippen LogP contribution in [0.3, 0.4) is 0 Å². The van der Waals surface area contributed by atoms with Crippen molar-refractivity contribution in [1.29, 1.82) is 0 Å². The van der Waals surface area contributed by atoms with Crippen molar-refractivity contribution in [3.8, 4) is 67.5 Å². The van der Waals surface area contributed by atoms with E-state index in [0.717, 1.165) is 0 Å². The Kier molecular flexibility index (Phi) is 3.08. The first-order chi connectivity index (χ1) is 40.5. The second-order valence-corrected chi connectivity index (χ2v) is 11.1. The van der Waals surface area contributed by atoms with Gasteiger partial charge in [-0.05, 0) is 71.7 Å². The molecule has 0 aliphatic heterocycles. The molecular formula is C51H33N3. The number of hydrogen-bond acceptors (Lipinski definition) is 3. The molecule has 0 bridgehead atoms. The molecule has 0 radical (unpaired) electrons. The molecule has 3 nitrogen and oxygen atoms in total. The Hall–Kier alpha value is -7.23. The van der Waals surface area contributed by atoms with Gasteiger partial charge in [-0.25, -0.2) is 15.0 Å². The topological polar surface area (TPSA) is 38.7 Å². The summed E-state index contributed by atoms with van der Waals surface area (Å²) in [5.41, 5.74) is -7.69. The molecule has 0 unspecified atom stereocenters. The van der Waals surface area contributed by atoms with Gasteiger partial charge in [0, 0.05) is 16.7 Å². The Bertz CT molecular complexity index is 4630. The zero-order valence-corrected chi connectivity index (χ0v) is 26.8. The van der Waals surface area contributed by atoms with E-state index in [1.807, 2.05) is 0 Å². The SMILES string of the molecule is [2H]c1c([2H])c([2H])c(-c2nc(-c3c([2H])c([2H])c([2H])c([2H])c3[2H])nc(-c3c([2H])c([2H])c(-c4c([2H])c([2H])c(-c5c([2H])c([2H])c(-c6c([2H])c([2H])c7c8c([2H])c([2H])c([2H])c([2H])c8c8c([2H])c([2H])c([2H])c([2H])c8c7c6[2H])c([2H])c5[2H])c([2H])c4[2H])c([2H])c3[2H])n2)c([2H])c1[2H]. The fourth-order valence-corrected chi connectivity index (χ4v) is 5.39. The van der Waals surface area contributed by atoms with Crippen LogP contribution in [0.1, 0.15) is 45.2 Å². The normalized spacial score (nSPS) is 19.9. The molecule has 0 spiro atoms. The Morgan fingerprint density at radius 1 is 0.222 bits per heavy atom. The monoisotopic (exact) mass is 720 g/mol. The van der Waals surface area contributed by atoms with Crippen LogP contribution in [-0.2, 0) is 0 Å². The van der Waals surface area contributed by atoms with E-state index in [-0.39, 0.29) is 0 Å². The van der Waals surface area contributed by atoms with Gasteiger partial charge in [0.25, 0.3) is 0 Å². The van der Waals surface area contributed by atoms with Gasteiger partial charge in [0.15, 0.2) is 17.5 Å². The molecule has 1 aromatic heterocycles. The number of aromatic nitrogens is 3. The molecule has 0 saturated carbocycles. The van der Waals surface area contributed by atoms with Crippen LogP contribution in [-0.4, -0.2) is 15.0 Å².